The molecule has 0 bridgehead atoms. The number of aromatic nitrogens is 1. The Morgan fingerprint density at radius 1 is 0.897 bits per heavy atom. The van der Waals surface area contributed by atoms with Crippen LogP contribution in [0.3, 0.4) is 0 Å². The second kappa shape index (κ2) is 9.77. The lowest BCUT2D eigenvalue weighted by atomic mass is 10.00. The molecule has 0 aliphatic carbocycles. The van der Waals surface area contributed by atoms with Crippen molar-refractivity contribution in [2.45, 2.75) is 11.8 Å². The Labute approximate surface area is 169 Å². The molecule has 3 aromatic rings. The zero-order valence-corrected chi connectivity index (χ0v) is 16.7. The Kier molecular flexibility index (Phi) is 7.13. The first-order chi connectivity index (χ1) is 14.0. The van der Waals surface area contributed by atoms with E-state index in [1.165, 1.54) is 17.0 Å². The van der Waals surface area contributed by atoms with Gasteiger partial charge in [-0.15, -0.1) is 0 Å². The van der Waals surface area contributed by atoms with Gasteiger partial charge in [0.2, 0.25) is 0 Å². The van der Waals surface area contributed by atoms with Gasteiger partial charge in [-0.05, 0) is 24.6 Å². The summed E-state index contributed by atoms with van der Waals surface area (Å²) in [5, 5.41) is 12.8. The summed E-state index contributed by atoms with van der Waals surface area (Å²) in [7, 11) is -3.89. The summed E-state index contributed by atoms with van der Waals surface area (Å²) >= 11 is 0. The van der Waals surface area contributed by atoms with Crippen LogP contribution >= 0.6 is 0 Å². The van der Waals surface area contributed by atoms with Crippen molar-refractivity contribution in [3.63, 3.8) is 0 Å². The Morgan fingerprint density at radius 2 is 1.48 bits per heavy atom. The molecule has 1 saturated heterocycles. The molecule has 2 heterocycles. The highest BCUT2D eigenvalue weighted by Crippen LogP contribution is 2.34. The number of nitrogens with zero attached hydrogens (tertiary/aromatic N) is 1. The predicted molar refractivity (Wildman–Crippen MR) is 106 cm³/mol. The maximum atomic E-state index is 11.6. The molecule has 0 amide bonds. The fraction of sp³-hybridized carbons (Fsp3) is 0.250. The monoisotopic (exact) mass is 418 g/mol. The van der Waals surface area contributed by atoms with E-state index in [0.717, 1.165) is 43.1 Å². The molecule has 154 valence electrons. The van der Waals surface area contributed by atoms with Crippen LogP contribution < -0.4 is 4.89 Å². The van der Waals surface area contributed by atoms with Crippen molar-refractivity contribution in [1.29, 1.82) is 0 Å². The third kappa shape index (κ3) is 5.28. The fourth-order valence-electron chi connectivity index (χ4n) is 2.80. The number of ether oxygens (including phenoxy) is 2. The van der Waals surface area contributed by atoms with Crippen LogP contribution in [0.15, 0.2) is 64.0 Å². The SMILES string of the molecule is C1COCCO1.Cc1onc(-c2ccccc2)c1-c1ccc(S(=O)(=O)NO)cc1. The van der Waals surface area contributed by atoms with Crippen molar-refractivity contribution >= 4 is 10.0 Å². The van der Waals surface area contributed by atoms with Crippen LogP contribution in [0.5, 0.6) is 0 Å². The molecular formula is C20H22N2O6S. The van der Waals surface area contributed by atoms with Gasteiger partial charge in [0, 0.05) is 5.56 Å². The minimum absolute atomic E-state index is 0.0286. The normalized spacial score (nSPS) is 14.1. The van der Waals surface area contributed by atoms with Crippen molar-refractivity contribution < 1.29 is 27.6 Å². The van der Waals surface area contributed by atoms with Gasteiger partial charge >= 0.3 is 0 Å². The van der Waals surface area contributed by atoms with E-state index in [4.69, 9.17) is 19.2 Å². The van der Waals surface area contributed by atoms with Gasteiger partial charge in [0.15, 0.2) is 0 Å². The van der Waals surface area contributed by atoms with Gasteiger partial charge in [-0.2, -0.15) is 0 Å². The molecule has 1 aliphatic heterocycles. The zero-order valence-electron chi connectivity index (χ0n) is 15.9. The number of rotatable bonds is 4. The Morgan fingerprint density at radius 3 is 2.00 bits per heavy atom. The first kappa shape index (κ1) is 21.2. The number of aryl methyl sites for hydroxylation is 1. The van der Waals surface area contributed by atoms with Crippen LogP contribution in [0.4, 0.5) is 0 Å². The van der Waals surface area contributed by atoms with E-state index in [-0.39, 0.29) is 4.90 Å². The summed E-state index contributed by atoms with van der Waals surface area (Å²) in [5.41, 5.74) is 3.18. The van der Waals surface area contributed by atoms with E-state index >= 15 is 0 Å². The van der Waals surface area contributed by atoms with E-state index in [1.54, 1.807) is 19.1 Å². The number of hydrogen-bond acceptors (Lipinski definition) is 7. The summed E-state index contributed by atoms with van der Waals surface area (Å²) in [5.74, 6) is 0.639. The predicted octanol–water partition coefficient (Wildman–Crippen LogP) is 3.02. The lowest BCUT2D eigenvalue weighted by molar-refractivity contribution is -0.0334. The second-order valence-corrected chi connectivity index (χ2v) is 7.83. The van der Waals surface area contributed by atoms with Crippen LogP contribution in [0, 0.1) is 6.92 Å². The molecule has 0 radical (unpaired) electrons. The third-order valence-corrected chi connectivity index (χ3v) is 5.36. The highest BCUT2D eigenvalue weighted by atomic mass is 32.2. The van der Waals surface area contributed by atoms with Gasteiger partial charge in [0.05, 0.1) is 36.9 Å². The molecule has 29 heavy (non-hydrogen) atoms. The van der Waals surface area contributed by atoms with Gasteiger partial charge in [0.25, 0.3) is 10.0 Å². The standard InChI is InChI=1S/C16H14N2O4S.C4H8O2/c1-11-15(16(17-22-11)13-5-3-2-4-6-13)12-7-9-14(10-8-12)23(20,21)18-19;1-2-6-4-3-5-1/h2-10,18-19H,1H3;1-4H2. The van der Waals surface area contributed by atoms with Crippen LogP contribution in [0.1, 0.15) is 5.76 Å². The molecule has 1 aromatic heterocycles. The summed E-state index contributed by atoms with van der Waals surface area (Å²) in [4.78, 5) is 1.27. The van der Waals surface area contributed by atoms with Crippen LogP contribution in [-0.2, 0) is 19.5 Å². The quantitative estimate of drug-likeness (QED) is 0.627. The fourth-order valence-corrected chi connectivity index (χ4v) is 3.40. The van der Waals surface area contributed by atoms with E-state index in [9.17, 15) is 8.42 Å². The lowest BCUT2D eigenvalue weighted by Crippen LogP contribution is -2.19. The maximum Gasteiger partial charge on any atom is 0.262 e. The number of sulfonamides is 1. The van der Waals surface area contributed by atoms with E-state index in [1.807, 2.05) is 30.3 Å². The first-order valence-corrected chi connectivity index (χ1v) is 10.4. The summed E-state index contributed by atoms with van der Waals surface area (Å²) < 4.78 is 38.3. The van der Waals surface area contributed by atoms with Gasteiger partial charge < -0.3 is 19.2 Å². The van der Waals surface area contributed by atoms with Crippen molar-refractivity contribution in [2.24, 2.45) is 0 Å². The van der Waals surface area contributed by atoms with Crippen LogP contribution in [0.2, 0.25) is 0 Å². The maximum absolute atomic E-state index is 11.6. The van der Waals surface area contributed by atoms with Crippen molar-refractivity contribution in [3.05, 3.63) is 60.4 Å². The average Bonchev–Trinajstić information content (AvgIpc) is 3.17. The minimum atomic E-state index is -3.89. The van der Waals surface area contributed by atoms with Crippen molar-refractivity contribution in [1.82, 2.24) is 10.0 Å². The highest BCUT2D eigenvalue weighted by molar-refractivity contribution is 7.89. The molecular weight excluding hydrogens is 396 g/mol. The number of hydrogen-bond donors (Lipinski definition) is 2. The van der Waals surface area contributed by atoms with E-state index in [2.05, 4.69) is 5.16 Å². The molecule has 2 aromatic carbocycles. The largest absolute Gasteiger partial charge is 0.377 e. The van der Waals surface area contributed by atoms with Crippen LogP contribution in [-0.4, -0.2) is 45.2 Å². The van der Waals surface area contributed by atoms with Crippen molar-refractivity contribution in [2.75, 3.05) is 26.4 Å². The summed E-state index contributed by atoms with van der Waals surface area (Å²) in [6, 6.07) is 15.7. The second-order valence-electron chi connectivity index (χ2n) is 6.17. The lowest BCUT2D eigenvalue weighted by Gasteiger charge is -2.09. The highest BCUT2D eigenvalue weighted by Gasteiger charge is 2.18. The Balaban J connectivity index is 0.000000343. The van der Waals surface area contributed by atoms with Crippen molar-refractivity contribution in [3.8, 4) is 22.4 Å². The summed E-state index contributed by atoms with van der Waals surface area (Å²) in [6.45, 7) is 4.91. The van der Waals surface area contributed by atoms with Gasteiger partial charge in [-0.3, -0.25) is 0 Å². The molecule has 2 N–H and O–H groups in total. The Bertz CT molecular complexity index is 1000. The number of benzene rings is 2. The molecule has 0 atom stereocenters. The Hall–Kier alpha value is -2.56. The molecule has 9 heteroatoms. The molecule has 4 rings (SSSR count). The molecule has 8 nitrogen and oxygen atoms in total. The topological polar surface area (TPSA) is 111 Å². The van der Waals surface area contributed by atoms with E-state index in [0.29, 0.717) is 11.5 Å². The molecule has 1 fully saturated rings. The van der Waals surface area contributed by atoms with Gasteiger partial charge in [-0.1, -0.05) is 52.5 Å². The smallest absolute Gasteiger partial charge is 0.262 e. The van der Waals surface area contributed by atoms with Gasteiger partial charge in [0.1, 0.15) is 11.5 Å². The average molecular weight is 418 g/mol. The number of nitrogens with one attached hydrogen (secondary N) is 1. The zero-order chi connectivity index (χ0) is 20.7. The third-order valence-electron chi connectivity index (χ3n) is 4.23. The molecule has 1 aliphatic rings. The molecule has 0 unspecified atom stereocenters. The van der Waals surface area contributed by atoms with Gasteiger partial charge in [-0.25, -0.2) is 8.42 Å². The molecule has 0 saturated carbocycles. The summed E-state index contributed by atoms with van der Waals surface area (Å²) in [6.07, 6.45) is 0. The molecule has 0 spiro atoms. The minimum Gasteiger partial charge on any atom is -0.377 e. The van der Waals surface area contributed by atoms with Crippen LogP contribution in [0.25, 0.3) is 22.4 Å². The first-order valence-electron chi connectivity index (χ1n) is 8.96. The van der Waals surface area contributed by atoms with E-state index < -0.39 is 10.0 Å².